The van der Waals surface area contributed by atoms with Crippen molar-refractivity contribution in [2.24, 2.45) is 5.92 Å². The molecule has 3 aromatic rings. The number of halogens is 1. The summed E-state index contributed by atoms with van der Waals surface area (Å²) in [5.41, 5.74) is 3.49. The maximum absolute atomic E-state index is 9.97. The fourth-order valence-corrected chi connectivity index (χ4v) is 4.45. The van der Waals surface area contributed by atoms with Gasteiger partial charge in [0.05, 0.1) is 5.69 Å². The molecular formula is C24H23ClN4S. The first-order valence-corrected chi connectivity index (χ1v) is 11.7. The van der Waals surface area contributed by atoms with Crippen LogP contribution in [0.1, 0.15) is 24.0 Å². The molecule has 0 saturated carbocycles. The van der Waals surface area contributed by atoms with Gasteiger partial charge in [-0.25, -0.2) is 9.97 Å². The first-order valence-electron chi connectivity index (χ1n) is 10.1. The molecule has 2 aromatic carbocycles. The summed E-state index contributed by atoms with van der Waals surface area (Å²) >= 11 is 7.54. The lowest BCUT2D eigenvalue weighted by Crippen LogP contribution is -2.35. The molecule has 4 nitrogen and oxygen atoms in total. The number of nitriles is 1. The summed E-state index contributed by atoms with van der Waals surface area (Å²) < 4.78 is 0. The molecule has 30 heavy (non-hydrogen) atoms. The van der Waals surface area contributed by atoms with Crippen molar-refractivity contribution in [2.45, 2.75) is 24.4 Å². The van der Waals surface area contributed by atoms with Crippen LogP contribution in [0.5, 0.6) is 0 Å². The van der Waals surface area contributed by atoms with Crippen molar-refractivity contribution in [3.05, 3.63) is 70.7 Å². The van der Waals surface area contributed by atoms with Gasteiger partial charge in [-0.15, -0.1) is 0 Å². The number of rotatable bonds is 5. The van der Waals surface area contributed by atoms with Crippen LogP contribution in [0.3, 0.4) is 0 Å². The number of thioether (sulfide) groups is 1. The van der Waals surface area contributed by atoms with Gasteiger partial charge in [-0.2, -0.15) is 5.26 Å². The van der Waals surface area contributed by atoms with Crippen LogP contribution >= 0.6 is 23.4 Å². The van der Waals surface area contributed by atoms with Gasteiger partial charge in [-0.3, -0.25) is 0 Å². The summed E-state index contributed by atoms with van der Waals surface area (Å²) in [4.78, 5) is 11.6. The van der Waals surface area contributed by atoms with Gasteiger partial charge < -0.3 is 4.90 Å². The SMILES string of the molecule is CSc1nc(-c2ccc(Cl)cc2)c(C#N)c(N2CCC(Cc3ccccc3)CC2)n1. The second kappa shape index (κ2) is 9.51. The Morgan fingerprint density at radius 1 is 1.07 bits per heavy atom. The van der Waals surface area contributed by atoms with Crippen LogP contribution in [-0.4, -0.2) is 29.3 Å². The van der Waals surface area contributed by atoms with Gasteiger partial charge in [0.2, 0.25) is 0 Å². The van der Waals surface area contributed by atoms with Gasteiger partial charge >= 0.3 is 0 Å². The monoisotopic (exact) mass is 434 g/mol. The van der Waals surface area contributed by atoms with E-state index in [2.05, 4.69) is 46.3 Å². The van der Waals surface area contributed by atoms with E-state index < -0.39 is 0 Å². The molecule has 0 aliphatic carbocycles. The van der Waals surface area contributed by atoms with Gasteiger partial charge in [0, 0.05) is 23.7 Å². The molecule has 0 N–H and O–H groups in total. The van der Waals surface area contributed by atoms with Crippen molar-refractivity contribution in [3.8, 4) is 17.3 Å². The van der Waals surface area contributed by atoms with Crippen molar-refractivity contribution in [1.82, 2.24) is 9.97 Å². The van der Waals surface area contributed by atoms with Gasteiger partial charge in [0.25, 0.3) is 0 Å². The first kappa shape index (κ1) is 20.7. The van der Waals surface area contributed by atoms with E-state index in [4.69, 9.17) is 16.6 Å². The Hall–Kier alpha value is -2.55. The predicted octanol–water partition coefficient (Wildman–Crippen LogP) is 5.85. The van der Waals surface area contributed by atoms with Crippen LogP contribution in [0.4, 0.5) is 5.82 Å². The molecule has 0 radical (unpaired) electrons. The highest BCUT2D eigenvalue weighted by molar-refractivity contribution is 7.98. The number of piperidine rings is 1. The molecule has 0 unspecified atom stereocenters. The minimum atomic E-state index is 0.539. The van der Waals surface area contributed by atoms with E-state index in [9.17, 15) is 5.26 Å². The average Bonchev–Trinajstić information content (AvgIpc) is 2.80. The molecule has 1 aliphatic rings. The molecule has 0 amide bonds. The lowest BCUT2D eigenvalue weighted by molar-refractivity contribution is 0.401. The second-order valence-electron chi connectivity index (χ2n) is 7.50. The van der Waals surface area contributed by atoms with Crippen molar-refractivity contribution >= 4 is 29.2 Å². The van der Waals surface area contributed by atoms with Gasteiger partial charge in [0.15, 0.2) is 11.0 Å². The molecule has 0 spiro atoms. The molecule has 1 saturated heterocycles. The van der Waals surface area contributed by atoms with E-state index >= 15 is 0 Å². The van der Waals surface area contributed by atoms with E-state index in [0.29, 0.717) is 27.4 Å². The topological polar surface area (TPSA) is 52.8 Å². The number of hydrogen-bond donors (Lipinski definition) is 0. The Bertz CT molecular complexity index is 1040. The zero-order valence-corrected chi connectivity index (χ0v) is 18.5. The Morgan fingerprint density at radius 3 is 2.40 bits per heavy atom. The number of anilines is 1. The third kappa shape index (κ3) is 4.61. The predicted molar refractivity (Wildman–Crippen MR) is 124 cm³/mol. The van der Waals surface area contributed by atoms with Crippen molar-refractivity contribution in [1.29, 1.82) is 5.26 Å². The number of hydrogen-bond acceptors (Lipinski definition) is 5. The Labute approximate surface area is 186 Å². The molecule has 6 heteroatoms. The molecule has 1 fully saturated rings. The summed E-state index contributed by atoms with van der Waals surface area (Å²) in [5, 5.41) is 11.3. The summed E-state index contributed by atoms with van der Waals surface area (Å²) in [7, 11) is 0. The smallest absolute Gasteiger partial charge is 0.189 e. The quantitative estimate of drug-likeness (QED) is 0.372. The van der Waals surface area contributed by atoms with E-state index in [0.717, 1.165) is 43.7 Å². The number of aromatic nitrogens is 2. The van der Waals surface area contributed by atoms with Crippen LogP contribution in [0.2, 0.25) is 5.02 Å². The van der Waals surface area contributed by atoms with Crippen LogP contribution in [-0.2, 0) is 6.42 Å². The molecule has 0 atom stereocenters. The van der Waals surface area contributed by atoms with E-state index in [-0.39, 0.29) is 0 Å². The van der Waals surface area contributed by atoms with E-state index in [1.807, 2.05) is 30.5 Å². The average molecular weight is 435 g/mol. The fourth-order valence-electron chi connectivity index (χ4n) is 3.96. The van der Waals surface area contributed by atoms with Crippen molar-refractivity contribution in [2.75, 3.05) is 24.2 Å². The lowest BCUT2D eigenvalue weighted by Gasteiger charge is -2.33. The van der Waals surface area contributed by atoms with E-state index in [1.54, 1.807) is 0 Å². The van der Waals surface area contributed by atoms with Crippen molar-refractivity contribution in [3.63, 3.8) is 0 Å². The minimum absolute atomic E-state index is 0.539. The molecular weight excluding hydrogens is 412 g/mol. The summed E-state index contributed by atoms with van der Waals surface area (Å²) in [6, 6.07) is 20.5. The Morgan fingerprint density at radius 2 is 1.77 bits per heavy atom. The van der Waals surface area contributed by atoms with Crippen LogP contribution in [0.25, 0.3) is 11.3 Å². The summed E-state index contributed by atoms with van der Waals surface area (Å²) in [6.07, 6.45) is 5.25. The first-order chi connectivity index (χ1) is 14.7. The molecule has 2 heterocycles. The third-order valence-electron chi connectivity index (χ3n) is 5.56. The molecule has 0 bridgehead atoms. The number of nitrogens with zero attached hydrogens (tertiary/aromatic N) is 4. The highest BCUT2D eigenvalue weighted by Gasteiger charge is 2.25. The maximum Gasteiger partial charge on any atom is 0.189 e. The molecule has 1 aliphatic heterocycles. The zero-order valence-electron chi connectivity index (χ0n) is 16.9. The normalized spacial score (nSPS) is 14.5. The van der Waals surface area contributed by atoms with Crippen LogP contribution in [0, 0.1) is 17.2 Å². The molecule has 152 valence electrons. The lowest BCUT2D eigenvalue weighted by atomic mass is 9.90. The van der Waals surface area contributed by atoms with Crippen molar-refractivity contribution < 1.29 is 0 Å². The van der Waals surface area contributed by atoms with Gasteiger partial charge in [-0.05, 0) is 49.1 Å². The van der Waals surface area contributed by atoms with Gasteiger partial charge in [0.1, 0.15) is 11.6 Å². The second-order valence-corrected chi connectivity index (χ2v) is 8.71. The van der Waals surface area contributed by atoms with E-state index in [1.165, 1.54) is 17.3 Å². The fraction of sp³-hybridized carbons (Fsp3) is 0.292. The molecule has 4 rings (SSSR count). The third-order valence-corrected chi connectivity index (χ3v) is 6.36. The zero-order chi connectivity index (χ0) is 20.9. The number of benzene rings is 2. The van der Waals surface area contributed by atoms with Crippen LogP contribution < -0.4 is 4.90 Å². The Kier molecular flexibility index (Phi) is 6.56. The Balaban J connectivity index is 1.59. The minimum Gasteiger partial charge on any atom is -0.355 e. The van der Waals surface area contributed by atoms with Crippen LogP contribution in [0.15, 0.2) is 59.8 Å². The standard InChI is InChI=1S/C24H23ClN4S/c1-30-24-27-22(19-7-9-20(25)10-8-19)21(16-26)23(28-24)29-13-11-18(12-14-29)15-17-5-3-2-4-6-17/h2-10,18H,11-15H2,1H3. The maximum atomic E-state index is 9.97. The summed E-state index contributed by atoms with van der Waals surface area (Å²) in [6.45, 7) is 1.80. The van der Waals surface area contributed by atoms with Gasteiger partial charge in [-0.1, -0.05) is 65.8 Å². The summed E-state index contributed by atoms with van der Waals surface area (Å²) in [5.74, 6) is 1.41. The largest absolute Gasteiger partial charge is 0.355 e. The molecule has 1 aromatic heterocycles. The highest BCUT2D eigenvalue weighted by Crippen LogP contribution is 2.33. The highest BCUT2D eigenvalue weighted by atomic mass is 35.5.